The van der Waals surface area contributed by atoms with E-state index in [0.717, 1.165) is 39.1 Å². The first-order valence-electron chi connectivity index (χ1n) is 7.69. The highest BCUT2D eigenvalue weighted by Crippen LogP contribution is 2.35. The van der Waals surface area contributed by atoms with Crippen molar-refractivity contribution in [2.45, 2.75) is 39.0 Å². The van der Waals surface area contributed by atoms with E-state index in [2.05, 4.69) is 17.1 Å². The molecule has 0 bridgehead atoms. The molecule has 2 fully saturated rings. The molecule has 2 rings (SSSR count). The highest BCUT2D eigenvalue weighted by molar-refractivity contribution is 7.91. The molecule has 2 heterocycles. The van der Waals surface area contributed by atoms with Gasteiger partial charge in [-0.2, -0.15) is 0 Å². The Balaban J connectivity index is 1.96. The number of sulfone groups is 1. The molecule has 2 aliphatic heterocycles. The number of rotatable bonds is 4. The number of hydrogen-bond acceptors (Lipinski definition) is 4. The van der Waals surface area contributed by atoms with Crippen LogP contribution in [-0.2, 0) is 9.84 Å². The van der Waals surface area contributed by atoms with Gasteiger partial charge >= 0.3 is 0 Å². The Morgan fingerprint density at radius 3 is 2.58 bits per heavy atom. The molecule has 0 aromatic rings. The first-order chi connectivity index (χ1) is 9.05. The van der Waals surface area contributed by atoms with Gasteiger partial charge < -0.3 is 10.2 Å². The maximum atomic E-state index is 11.7. The average molecular weight is 288 g/mol. The van der Waals surface area contributed by atoms with E-state index in [9.17, 15) is 8.42 Å². The van der Waals surface area contributed by atoms with Crippen molar-refractivity contribution >= 4 is 9.84 Å². The van der Waals surface area contributed by atoms with E-state index in [1.54, 1.807) is 0 Å². The summed E-state index contributed by atoms with van der Waals surface area (Å²) in [5.41, 5.74) is 0.425. The lowest BCUT2D eigenvalue weighted by Gasteiger charge is -2.41. The van der Waals surface area contributed by atoms with Crippen molar-refractivity contribution in [3.63, 3.8) is 0 Å². The molecule has 0 aromatic carbocycles. The molecule has 0 spiro atoms. The summed E-state index contributed by atoms with van der Waals surface area (Å²) in [6, 6.07) is 0. The zero-order valence-electron chi connectivity index (χ0n) is 12.2. The van der Waals surface area contributed by atoms with Gasteiger partial charge in [-0.05, 0) is 50.7 Å². The summed E-state index contributed by atoms with van der Waals surface area (Å²) in [5, 5.41) is 3.45. The Labute approximate surface area is 117 Å². The van der Waals surface area contributed by atoms with E-state index in [4.69, 9.17) is 0 Å². The van der Waals surface area contributed by atoms with Gasteiger partial charge in [-0.1, -0.05) is 13.3 Å². The van der Waals surface area contributed by atoms with Crippen molar-refractivity contribution in [1.82, 2.24) is 10.2 Å². The molecule has 0 saturated carbocycles. The third kappa shape index (κ3) is 4.43. The van der Waals surface area contributed by atoms with Gasteiger partial charge in [0.2, 0.25) is 0 Å². The first-order valence-corrected chi connectivity index (χ1v) is 9.51. The Kier molecular flexibility index (Phi) is 5.26. The summed E-state index contributed by atoms with van der Waals surface area (Å²) in [4.78, 5) is 2.41. The Hall–Kier alpha value is -0.130. The third-order valence-electron chi connectivity index (χ3n) is 4.65. The normalized spacial score (nSPS) is 27.8. The van der Waals surface area contributed by atoms with Crippen LogP contribution in [0.2, 0.25) is 0 Å². The smallest absolute Gasteiger partial charge is 0.151 e. The van der Waals surface area contributed by atoms with Gasteiger partial charge in [-0.3, -0.25) is 0 Å². The zero-order chi connectivity index (χ0) is 13.8. The Morgan fingerprint density at radius 2 is 1.89 bits per heavy atom. The van der Waals surface area contributed by atoms with Gasteiger partial charge in [0.15, 0.2) is 9.84 Å². The van der Waals surface area contributed by atoms with E-state index in [-0.39, 0.29) is 0 Å². The molecule has 0 aliphatic carbocycles. The van der Waals surface area contributed by atoms with E-state index in [1.165, 1.54) is 25.7 Å². The molecular formula is C14H28N2O2S. The largest absolute Gasteiger partial charge is 0.317 e. The van der Waals surface area contributed by atoms with Crippen LogP contribution < -0.4 is 5.32 Å². The standard InChI is InChI=1S/C14H28N2O2S/c1-2-4-14(5-7-15-8-6-14)13-16-9-3-11-19(17,18)12-10-16/h15H,2-13H2,1H3. The highest BCUT2D eigenvalue weighted by atomic mass is 32.2. The SMILES string of the molecule is CCCC1(CN2CCCS(=O)(=O)CC2)CCNCC1. The quantitative estimate of drug-likeness (QED) is 0.846. The second-order valence-corrected chi connectivity index (χ2v) is 8.59. The summed E-state index contributed by atoms with van der Waals surface area (Å²) in [6.45, 7) is 7.28. The molecule has 2 saturated heterocycles. The van der Waals surface area contributed by atoms with E-state index in [1.807, 2.05) is 0 Å². The molecule has 0 atom stereocenters. The lowest BCUT2D eigenvalue weighted by molar-refractivity contribution is 0.105. The third-order valence-corrected chi connectivity index (χ3v) is 6.37. The molecular weight excluding hydrogens is 260 g/mol. The summed E-state index contributed by atoms with van der Waals surface area (Å²) >= 11 is 0. The Bertz CT molecular complexity index is 369. The molecule has 0 aromatic heterocycles. The molecule has 0 radical (unpaired) electrons. The van der Waals surface area contributed by atoms with Crippen LogP contribution in [0.4, 0.5) is 0 Å². The molecule has 1 N–H and O–H groups in total. The van der Waals surface area contributed by atoms with E-state index < -0.39 is 9.84 Å². The number of nitrogens with zero attached hydrogens (tertiary/aromatic N) is 1. The second-order valence-electron chi connectivity index (χ2n) is 6.28. The predicted octanol–water partition coefficient (Wildman–Crippen LogP) is 1.28. The zero-order valence-corrected chi connectivity index (χ0v) is 13.0. The molecule has 19 heavy (non-hydrogen) atoms. The van der Waals surface area contributed by atoms with Gasteiger partial charge in [0.1, 0.15) is 0 Å². The van der Waals surface area contributed by atoms with Gasteiger partial charge in [-0.25, -0.2) is 8.42 Å². The van der Waals surface area contributed by atoms with Crippen LogP contribution in [0.25, 0.3) is 0 Å². The summed E-state index contributed by atoms with van der Waals surface area (Å²) in [7, 11) is -2.78. The first kappa shape index (κ1) is 15.3. The van der Waals surface area contributed by atoms with Gasteiger partial charge in [-0.15, -0.1) is 0 Å². The van der Waals surface area contributed by atoms with Crippen molar-refractivity contribution < 1.29 is 8.42 Å². The van der Waals surface area contributed by atoms with Crippen molar-refractivity contribution in [1.29, 1.82) is 0 Å². The van der Waals surface area contributed by atoms with Crippen LogP contribution in [-0.4, -0.2) is 57.5 Å². The van der Waals surface area contributed by atoms with Crippen LogP contribution >= 0.6 is 0 Å². The van der Waals surface area contributed by atoms with Crippen molar-refractivity contribution in [3.8, 4) is 0 Å². The molecule has 5 heteroatoms. The van der Waals surface area contributed by atoms with Crippen molar-refractivity contribution in [2.24, 2.45) is 5.41 Å². The van der Waals surface area contributed by atoms with E-state index in [0.29, 0.717) is 16.9 Å². The number of nitrogens with one attached hydrogen (secondary N) is 1. The maximum absolute atomic E-state index is 11.7. The topological polar surface area (TPSA) is 49.4 Å². The minimum absolute atomic E-state index is 0.355. The molecule has 112 valence electrons. The molecule has 0 amide bonds. The van der Waals surface area contributed by atoms with Crippen LogP contribution in [0.3, 0.4) is 0 Å². The van der Waals surface area contributed by atoms with Crippen LogP contribution in [0.1, 0.15) is 39.0 Å². The molecule has 2 aliphatic rings. The lowest BCUT2D eigenvalue weighted by atomic mass is 9.75. The monoisotopic (exact) mass is 288 g/mol. The van der Waals surface area contributed by atoms with Crippen molar-refractivity contribution in [3.05, 3.63) is 0 Å². The molecule has 4 nitrogen and oxygen atoms in total. The van der Waals surface area contributed by atoms with E-state index >= 15 is 0 Å². The van der Waals surface area contributed by atoms with Crippen LogP contribution in [0.5, 0.6) is 0 Å². The lowest BCUT2D eigenvalue weighted by Crippen LogP contribution is -2.45. The summed E-state index contributed by atoms with van der Waals surface area (Å²) in [6.07, 6.45) is 5.79. The summed E-state index contributed by atoms with van der Waals surface area (Å²) in [5.74, 6) is 0.735. The second kappa shape index (κ2) is 6.55. The predicted molar refractivity (Wildman–Crippen MR) is 79.2 cm³/mol. The maximum Gasteiger partial charge on any atom is 0.151 e. The minimum atomic E-state index is -2.78. The fraction of sp³-hybridized carbons (Fsp3) is 1.00. The fourth-order valence-corrected chi connectivity index (χ4v) is 4.91. The minimum Gasteiger partial charge on any atom is -0.317 e. The van der Waals surface area contributed by atoms with Crippen LogP contribution in [0.15, 0.2) is 0 Å². The number of hydrogen-bond donors (Lipinski definition) is 1. The summed E-state index contributed by atoms with van der Waals surface area (Å²) < 4.78 is 23.4. The highest BCUT2D eigenvalue weighted by Gasteiger charge is 2.33. The molecule has 0 unspecified atom stereocenters. The number of piperidine rings is 1. The van der Waals surface area contributed by atoms with Gasteiger partial charge in [0, 0.05) is 13.1 Å². The Morgan fingerprint density at radius 1 is 1.16 bits per heavy atom. The van der Waals surface area contributed by atoms with Crippen LogP contribution in [0, 0.1) is 5.41 Å². The average Bonchev–Trinajstić information content (AvgIpc) is 2.52. The fourth-order valence-electron chi connectivity index (χ4n) is 3.60. The van der Waals surface area contributed by atoms with Crippen molar-refractivity contribution in [2.75, 3.05) is 44.2 Å². The van der Waals surface area contributed by atoms with Gasteiger partial charge in [0.05, 0.1) is 11.5 Å². The van der Waals surface area contributed by atoms with Gasteiger partial charge in [0.25, 0.3) is 0 Å².